The predicted molar refractivity (Wildman–Crippen MR) is 122 cm³/mol. The van der Waals surface area contributed by atoms with Gasteiger partial charge >= 0.3 is 0 Å². The Morgan fingerprint density at radius 2 is 1.77 bits per heavy atom. The van der Waals surface area contributed by atoms with Gasteiger partial charge in [-0.1, -0.05) is 19.3 Å². The lowest BCUT2D eigenvalue weighted by Crippen LogP contribution is -2.44. The van der Waals surface area contributed by atoms with Crippen LogP contribution in [0.15, 0.2) is 11.6 Å². The van der Waals surface area contributed by atoms with E-state index < -0.39 is 0 Å². The first-order chi connectivity index (χ1) is 14.8. The topological polar surface area (TPSA) is 78.1 Å². The number of nitrogens with one attached hydrogen (secondary N) is 1. The monoisotopic (exact) mass is 424 g/mol. The van der Waals surface area contributed by atoms with Gasteiger partial charge in [-0.3, -0.25) is 9.59 Å². The highest BCUT2D eigenvalue weighted by Crippen LogP contribution is 2.33. The molecule has 0 radical (unpaired) electrons. The summed E-state index contributed by atoms with van der Waals surface area (Å²) in [4.78, 5) is 27.0. The molecule has 1 saturated carbocycles. The highest BCUT2D eigenvalue weighted by Gasteiger charge is 2.29. The fraction of sp³-hybridized carbons (Fsp3) is 0.640. The number of rotatable bonds is 5. The van der Waals surface area contributed by atoms with E-state index in [1.807, 2.05) is 13.8 Å². The van der Waals surface area contributed by atoms with Crippen LogP contribution in [0, 0.1) is 31.1 Å². The smallest absolute Gasteiger partial charge is 0.264 e. The SMILES string of the molecule is Cc1cc(/C=C(\C#N)C(=O)N2CCC(C(=O)NC(C)C)CC2)c(C)n1C1CCCCC1. The standard InChI is InChI=1S/C25H36N4O2/c1-17(2)27-24(30)20-10-12-28(13-11-20)25(31)22(16-26)15-21-14-18(3)29(19(21)4)23-8-6-5-7-9-23/h14-15,17,20,23H,5-13H2,1-4H3,(H,27,30)/b22-15+. The molecule has 168 valence electrons. The highest BCUT2D eigenvalue weighted by atomic mass is 16.2. The number of likely N-dealkylation sites (tertiary alicyclic amines) is 1. The summed E-state index contributed by atoms with van der Waals surface area (Å²) in [6.45, 7) is 9.12. The molecule has 2 heterocycles. The van der Waals surface area contributed by atoms with Gasteiger partial charge in [0.05, 0.1) is 0 Å². The number of hydrogen-bond acceptors (Lipinski definition) is 3. The van der Waals surface area contributed by atoms with Crippen LogP contribution < -0.4 is 5.32 Å². The number of nitriles is 1. The Morgan fingerprint density at radius 3 is 2.35 bits per heavy atom. The lowest BCUT2D eigenvalue weighted by molar-refractivity contribution is -0.132. The Hall–Kier alpha value is -2.55. The Labute approximate surface area is 186 Å². The van der Waals surface area contributed by atoms with Gasteiger partial charge in [-0.05, 0) is 71.1 Å². The molecule has 6 heteroatoms. The summed E-state index contributed by atoms with van der Waals surface area (Å²) in [5, 5.41) is 12.7. The maximum absolute atomic E-state index is 13.0. The van der Waals surface area contributed by atoms with Crippen LogP contribution in [0.1, 0.15) is 81.8 Å². The lowest BCUT2D eigenvalue weighted by atomic mass is 9.95. The van der Waals surface area contributed by atoms with Crippen LogP contribution in [0.2, 0.25) is 0 Å². The molecule has 6 nitrogen and oxygen atoms in total. The van der Waals surface area contributed by atoms with Crippen molar-refractivity contribution >= 4 is 17.9 Å². The second kappa shape index (κ2) is 10.2. The first-order valence-corrected chi connectivity index (χ1v) is 11.7. The Kier molecular flexibility index (Phi) is 7.59. The molecule has 31 heavy (non-hydrogen) atoms. The van der Waals surface area contributed by atoms with E-state index in [2.05, 4.69) is 35.9 Å². The average molecular weight is 425 g/mol. The molecular weight excluding hydrogens is 388 g/mol. The average Bonchev–Trinajstić information content (AvgIpc) is 3.04. The minimum absolute atomic E-state index is 0.0598. The van der Waals surface area contributed by atoms with Crippen molar-refractivity contribution < 1.29 is 9.59 Å². The molecule has 0 atom stereocenters. The summed E-state index contributed by atoms with van der Waals surface area (Å²) >= 11 is 0. The zero-order valence-electron chi connectivity index (χ0n) is 19.4. The van der Waals surface area contributed by atoms with Crippen LogP contribution in [0.4, 0.5) is 0 Å². The van der Waals surface area contributed by atoms with Crippen molar-refractivity contribution in [2.75, 3.05) is 13.1 Å². The molecule has 1 aromatic rings. The second-order valence-corrected chi connectivity index (χ2v) is 9.39. The molecule has 2 amide bonds. The molecule has 1 saturated heterocycles. The number of hydrogen-bond donors (Lipinski definition) is 1. The third-order valence-electron chi connectivity index (χ3n) is 6.70. The van der Waals surface area contributed by atoms with Crippen molar-refractivity contribution in [3.63, 3.8) is 0 Å². The minimum Gasteiger partial charge on any atom is -0.354 e. The Morgan fingerprint density at radius 1 is 1.13 bits per heavy atom. The fourth-order valence-corrected chi connectivity index (χ4v) is 5.06. The molecule has 0 aromatic carbocycles. The van der Waals surface area contributed by atoms with Crippen LogP contribution in [-0.2, 0) is 9.59 Å². The van der Waals surface area contributed by atoms with E-state index in [4.69, 9.17) is 0 Å². The fourth-order valence-electron chi connectivity index (χ4n) is 5.06. The third-order valence-corrected chi connectivity index (χ3v) is 6.70. The summed E-state index contributed by atoms with van der Waals surface area (Å²) in [5.41, 5.74) is 3.46. The van der Waals surface area contributed by atoms with Gasteiger partial charge in [-0.2, -0.15) is 5.26 Å². The van der Waals surface area contributed by atoms with Gasteiger partial charge in [0.15, 0.2) is 0 Å². The lowest BCUT2D eigenvalue weighted by Gasteiger charge is -2.31. The number of piperidine rings is 1. The molecule has 2 fully saturated rings. The molecule has 0 unspecified atom stereocenters. The van der Waals surface area contributed by atoms with Crippen molar-refractivity contribution in [3.05, 3.63) is 28.6 Å². The maximum Gasteiger partial charge on any atom is 0.264 e. The molecule has 0 bridgehead atoms. The van der Waals surface area contributed by atoms with E-state index in [9.17, 15) is 14.9 Å². The molecule has 1 N–H and O–H groups in total. The van der Waals surface area contributed by atoms with Crippen molar-refractivity contribution in [2.45, 2.75) is 84.7 Å². The van der Waals surface area contributed by atoms with Gasteiger partial charge in [0.25, 0.3) is 5.91 Å². The first kappa shape index (κ1) is 23.1. The predicted octanol–water partition coefficient (Wildman–Crippen LogP) is 4.28. The van der Waals surface area contributed by atoms with Gasteiger partial charge in [-0.25, -0.2) is 0 Å². The third kappa shape index (κ3) is 5.39. The van der Waals surface area contributed by atoms with E-state index >= 15 is 0 Å². The molecule has 1 aliphatic carbocycles. The van der Waals surface area contributed by atoms with Gasteiger partial charge in [0, 0.05) is 42.5 Å². The van der Waals surface area contributed by atoms with Gasteiger partial charge < -0.3 is 14.8 Å². The summed E-state index contributed by atoms with van der Waals surface area (Å²) in [7, 11) is 0. The zero-order valence-corrected chi connectivity index (χ0v) is 19.4. The number of aromatic nitrogens is 1. The molecule has 1 aliphatic heterocycles. The summed E-state index contributed by atoms with van der Waals surface area (Å²) in [6.07, 6.45) is 9.26. The number of aryl methyl sites for hydroxylation is 1. The number of nitrogens with zero attached hydrogens (tertiary/aromatic N) is 3. The van der Waals surface area contributed by atoms with Crippen LogP contribution >= 0.6 is 0 Å². The summed E-state index contributed by atoms with van der Waals surface area (Å²) in [6, 6.07) is 4.86. The summed E-state index contributed by atoms with van der Waals surface area (Å²) < 4.78 is 2.39. The van der Waals surface area contributed by atoms with E-state index in [1.165, 1.54) is 37.8 Å². The molecule has 0 spiro atoms. The zero-order chi connectivity index (χ0) is 22.5. The van der Waals surface area contributed by atoms with Crippen LogP contribution in [0.25, 0.3) is 6.08 Å². The summed E-state index contributed by atoms with van der Waals surface area (Å²) in [5.74, 6) is -0.226. The van der Waals surface area contributed by atoms with Crippen molar-refractivity contribution in [3.8, 4) is 6.07 Å². The van der Waals surface area contributed by atoms with Crippen molar-refractivity contribution in [2.24, 2.45) is 5.92 Å². The molecule has 2 aliphatic rings. The van der Waals surface area contributed by atoms with Gasteiger partial charge in [0.2, 0.25) is 5.91 Å². The molecular formula is C25H36N4O2. The normalized spacial score (nSPS) is 18.8. The largest absolute Gasteiger partial charge is 0.354 e. The van der Waals surface area contributed by atoms with Crippen LogP contribution in [0.3, 0.4) is 0 Å². The van der Waals surface area contributed by atoms with E-state index in [0.717, 1.165) is 11.3 Å². The highest BCUT2D eigenvalue weighted by molar-refractivity contribution is 6.02. The van der Waals surface area contributed by atoms with E-state index in [1.54, 1.807) is 11.0 Å². The minimum atomic E-state index is -0.229. The second-order valence-electron chi connectivity index (χ2n) is 9.39. The molecule has 3 rings (SSSR count). The quantitative estimate of drug-likeness (QED) is 0.566. The molecule has 1 aromatic heterocycles. The Balaban J connectivity index is 1.70. The number of carbonyl (C=O) groups is 2. The van der Waals surface area contributed by atoms with Gasteiger partial charge in [-0.15, -0.1) is 0 Å². The van der Waals surface area contributed by atoms with E-state index in [-0.39, 0.29) is 29.3 Å². The van der Waals surface area contributed by atoms with Crippen molar-refractivity contribution in [1.82, 2.24) is 14.8 Å². The first-order valence-electron chi connectivity index (χ1n) is 11.7. The van der Waals surface area contributed by atoms with Crippen LogP contribution in [0.5, 0.6) is 0 Å². The Bertz CT molecular complexity index is 876. The number of carbonyl (C=O) groups excluding carboxylic acids is 2. The van der Waals surface area contributed by atoms with Crippen molar-refractivity contribution in [1.29, 1.82) is 5.26 Å². The number of amides is 2. The van der Waals surface area contributed by atoms with Crippen LogP contribution in [-0.4, -0.2) is 40.4 Å². The van der Waals surface area contributed by atoms with Gasteiger partial charge in [0.1, 0.15) is 11.6 Å². The maximum atomic E-state index is 13.0. The van der Waals surface area contributed by atoms with E-state index in [0.29, 0.717) is 32.0 Å².